The minimum atomic E-state index is -0.371. The summed E-state index contributed by atoms with van der Waals surface area (Å²) in [5.41, 5.74) is 1.02. The van der Waals surface area contributed by atoms with Crippen LogP contribution in [0.1, 0.15) is 19.0 Å². The number of aromatic nitrogens is 2. The molecule has 0 aliphatic carbocycles. The third-order valence-electron chi connectivity index (χ3n) is 2.52. The number of carbonyl (C=O) groups excluding carboxylic acids is 1. The third-order valence-corrected chi connectivity index (χ3v) is 3.43. The van der Waals surface area contributed by atoms with Crippen LogP contribution < -0.4 is 5.56 Å². The lowest BCUT2D eigenvalue weighted by atomic mass is 10.2. The van der Waals surface area contributed by atoms with Gasteiger partial charge in [-0.15, -0.1) is 0 Å². The maximum absolute atomic E-state index is 11.9. The molecule has 0 N–H and O–H groups in total. The summed E-state index contributed by atoms with van der Waals surface area (Å²) in [7, 11) is 1.34. The molecule has 1 rings (SSSR count). The maximum atomic E-state index is 11.9. The molecule has 5 nitrogen and oxygen atoms in total. The van der Waals surface area contributed by atoms with Gasteiger partial charge in [-0.25, -0.2) is 9.78 Å². The maximum Gasteiger partial charge on any atom is 0.333 e. The van der Waals surface area contributed by atoms with Crippen LogP contribution in [-0.2, 0) is 16.1 Å². The monoisotopic (exact) mass is 314 g/mol. The van der Waals surface area contributed by atoms with Crippen molar-refractivity contribution in [3.8, 4) is 0 Å². The minimum absolute atomic E-state index is 0.168. The van der Waals surface area contributed by atoms with Gasteiger partial charge in [0.15, 0.2) is 0 Å². The van der Waals surface area contributed by atoms with E-state index in [-0.39, 0.29) is 11.5 Å². The molecule has 98 valence electrons. The molecule has 0 atom stereocenters. The first-order valence-electron chi connectivity index (χ1n) is 5.50. The molecule has 18 heavy (non-hydrogen) atoms. The summed E-state index contributed by atoms with van der Waals surface area (Å²) in [5, 5.41) is 0. The summed E-state index contributed by atoms with van der Waals surface area (Å²) in [6.45, 7) is 3.90. The smallest absolute Gasteiger partial charge is 0.333 e. The van der Waals surface area contributed by atoms with E-state index in [4.69, 9.17) is 0 Å². The summed E-state index contributed by atoms with van der Waals surface area (Å²) in [6.07, 6.45) is 3.70. The lowest BCUT2D eigenvalue weighted by Gasteiger charge is -2.06. The van der Waals surface area contributed by atoms with Gasteiger partial charge in [0.1, 0.15) is 4.47 Å². The van der Waals surface area contributed by atoms with Crippen LogP contribution in [0.2, 0.25) is 0 Å². The predicted molar refractivity (Wildman–Crippen MR) is 71.3 cm³/mol. The van der Waals surface area contributed by atoms with Crippen LogP contribution in [0.4, 0.5) is 0 Å². The highest BCUT2D eigenvalue weighted by atomic mass is 79.9. The van der Waals surface area contributed by atoms with Crippen molar-refractivity contribution in [3.05, 3.63) is 38.5 Å². The lowest BCUT2D eigenvalue weighted by molar-refractivity contribution is -0.136. The summed E-state index contributed by atoms with van der Waals surface area (Å²) < 4.78 is 6.51. The number of hydrogen-bond donors (Lipinski definition) is 0. The molecule has 0 saturated carbocycles. The van der Waals surface area contributed by atoms with Gasteiger partial charge < -0.3 is 4.74 Å². The number of aryl methyl sites for hydroxylation is 1. The van der Waals surface area contributed by atoms with Gasteiger partial charge in [0.2, 0.25) is 0 Å². The highest BCUT2D eigenvalue weighted by Crippen LogP contribution is 2.07. The number of methoxy groups -OCH3 is 1. The molecule has 0 unspecified atom stereocenters. The Morgan fingerprint density at radius 3 is 2.83 bits per heavy atom. The van der Waals surface area contributed by atoms with Gasteiger partial charge >= 0.3 is 5.97 Å². The zero-order valence-corrected chi connectivity index (χ0v) is 12.2. The molecule has 0 bridgehead atoms. The highest BCUT2D eigenvalue weighted by Gasteiger charge is 2.08. The molecular weight excluding hydrogens is 300 g/mol. The van der Waals surface area contributed by atoms with E-state index in [0.717, 1.165) is 0 Å². The van der Waals surface area contributed by atoms with E-state index in [1.54, 1.807) is 13.0 Å². The second kappa shape index (κ2) is 6.49. The lowest BCUT2D eigenvalue weighted by Crippen LogP contribution is -2.22. The van der Waals surface area contributed by atoms with E-state index in [2.05, 4.69) is 25.7 Å². The van der Waals surface area contributed by atoms with E-state index in [1.165, 1.54) is 18.0 Å². The molecule has 1 heterocycles. The largest absolute Gasteiger partial charge is 0.466 e. The van der Waals surface area contributed by atoms with Gasteiger partial charge in [-0.2, -0.15) is 0 Å². The molecule has 1 aromatic heterocycles. The number of nitrogens with zero attached hydrogens (tertiary/aromatic N) is 2. The Balaban J connectivity index is 2.99. The van der Waals surface area contributed by atoms with E-state index in [9.17, 15) is 9.59 Å². The van der Waals surface area contributed by atoms with Crippen LogP contribution in [0, 0.1) is 6.92 Å². The molecule has 0 aromatic carbocycles. The fourth-order valence-corrected chi connectivity index (χ4v) is 1.72. The second-order valence-electron chi connectivity index (χ2n) is 3.68. The SMILES string of the molecule is CCC(=CCn1cnc(C)c(Br)c1=O)C(=O)OC. The van der Waals surface area contributed by atoms with Gasteiger partial charge in [-0.1, -0.05) is 13.0 Å². The molecule has 1 aromatic rings. The van der Waals surface area contributed by atoms with Gasteiger partial charge in [-0.05, 0) is 29.3 Å². The van der Waals surface area contributed by atoms with Gasteiger partial charge in [0.25, 0.3) is 5.56 Å². The number of esters is 1. The topological polar surface area (TPSA) is 61.2 Å². The first-order valence-corrected chi connectivity index (χ1v) is 6.29. The van der Waals surface area contributed by atoms with Crippen molar-refractivity contribution in [1.82, 2.24) is 9.55 Å². The van der Waals surface area contributed by atoms with Gasteiger partial charge in [0.05, 0.1) is 19.1 Å². The minimum Gasteiger partial charge on any atom is -0.466 e. The fraction of sp³-hybridized carbons (Fsp3) is 0.417. The molecule has 6 heteroatoms. The molecule has 0 fully saturated rings. The van der Waals surface area contributed by atoms with E-state index in [0.29, 0.717) is 28.7 Å². The number of halogens is 1. The first-order chi connectivity index (χ1) is 8.51. The Labute approximate surface area is 114 Å². The summed E-state index contributed by atoms with van der Waals surface area (Å²) >= 11 is 3.19. The predicted octanol–water partition coefficient (Wildman–Crippen LogP) is 1.82. The van der Waals surface area contributed by atoms with Crippen LogP contribution in [0.5, 0.6) is 0 Å². The van der Waals surface area contributed by atoms with E-state index >= 15 is 0 Å². The number of ether oxygens (including phenoxy) is 1. The quantitative estimate of drug-likeness (QED) is 0.628. The van der Waals surface area contributed by atoms with Crippen molar-refractivity contribution in [2.24, 2.45) is 0 Å². The molecule has 0 radical (unpaired) electrons. The molecule has 0 aliphatic rings. The van der Waals surface area contributed by atoms with E-state index < -0.39 is 0 Å². The Hall–Kier alpha value is -1.43. The fourth-order valence-electron chi connectivity index (χ4n) is 1.39. The van der Waals surface area contributed by atoms with Crippen molar-refractivity contribution < 1.29 is 9.53 Å². The number of allylic oxidation sites excluding steroid dienone is 1. The van der Waals surface area contributed by atoms with Crippen LogP contribution in [-0.4, -0.2) is 22.6 Å². The van der Waals surface area contributed by atoms with Gasteiger partial charge in [-0.3, -0.25) is 9.36 Å². The molecule has 0 aliphatic heterocycles. The highest BCUT2D eigenvalue weighted by molar-refractivity contribution is 9.10. The normalized spacial score (nSPS) is 11.4. The van der Waals surface area contributed by atoms with Crippen LogP contribution >= 0.6 is 15.9 Å². The van der Waals surface area contributed by atoms with Crippen LogP contribution in [0.3, 0.4) is 0 Å². The average Bonchev–Trinajstić information content (AvgIpc) is 2.38. The van der Waals surface area contributed by atoms with Crippen molar-refractivity contribution in [2.45, 2.75) is 26.8 Å². The van der Waals surface area contributed by atoms with Crippen LogP contribution in [0.25, 0.3) is 0 Å². The zero-order chi connectivity index (χ0) is 13.7. The third kappa shape index (κ3) is 3.29. The van der Waals surface area contributed by atoms with Crippen molar-refractivity contribution in [2.75, 3.05) is 7.11 Å². The number of carbonyl (C=O) groups is 1. The second-order valence-corrected chi connectivity index (χ2v) is 4.47. The Kier molecular flexibility index (Phi) is 5.27. The first kappa shape index (κ1) is 14.6. The Morgan fingerprint density at radius 1 is 1.61 bits per heavy atom. The van der Waals surface area contributed by atoms with Gasteiger partial charge in [0, 0.05) is 12.1 Å². The molecule has 0 amide bonds. The summed E-state index contributed by atoms with van der Waals surface area (Å²) in [6, 6.07) is 0. The Morgan fingerprint density at radius 2 is 2.28 bits per heavy atom. The van der Waals surface area contributed by atoms with Crippen molar-refractivity contribution >= 4 is 21.9 Å². The molecule has 0 saturated heterocycles. The number of rotatable bonds is 4. The average molecular weight is 315 g/mol. The van der Waals surface area contributed by atoms with E-state index in [1.807, 2.05) is 6.92 Å². The Bertz CT molecular complexity index is 535. The van der Waals surface area contributed by atoms with Crippen molar-refractivity contribution in [3.63, 3.8) is 0 Å². The number of hydrogen-bond acceptors (Lipinski definition) is 4. The van der Waals surface area contributed by atoms with Crippen LogP contribution in [0.15, 0.2) is 27.2 Å². The zero-order valence-electron chi connectivity index (χ0n) is 10.6. The van der Waals surface area contributed by atoms with Crippen molar-refractivity contribution in [1.29, 1.82) is 0 Å². The summed E-state index contributed by atoms with van der Waals surface area (Å²) in [5.74, 6) is -0.371. The molecule has 0 spiro atoms. The summed E-state index contributed by atoms with van der Waals surface area (Å²) in [4.78, 5) is 27.3. The molecular formula is C12H15BrN2O3. The standard InChI is InChI=1S/C12H15BrN2O3/c1-4-9(12(17)18-3)5-6-15-7-14-8(2)10(13)11(15)16/h5,7H,4,6H2,1-3H3.